The Kier molecular flexibility index (Phi) is 6.71. The van der Waals surface area contributed by atoms with E-state index in [4.69, 9.17) is 18.9 Å². The van der Waals surface area contributed by atoms with Crippen LogP contribution in [0.1, 0.15) is 73.1 Å². The Labute approximate surface area is 197 Å². The van der Waals surface area contributed by atoms with Crippen LogP contribution in [-0.4, -0.2) is 59.3 Å². The van der Waals surface area contributed by atoms with Gasteiger partial charge in [-0.15, -0.1) is 0 Å². The molecule has 1 aliphatic carbocycles. The normalized spacial score (nSPS) is 47.0. The van der Waals surface area contributed by atoms with Gasteiger partial charge in [-0.05, 0) is 63.4 Å². The van der Waals surface area contributed by atoms with Gasteiger partial charge in [-0.25, -0.2) is 0 Å². The first-order chi connectivity index (χ1) is 15.5. The molecular formula is C26H40O7. The van der Waals surface area contributed by atoms with Gasteiger partial charge in [0.1, 0.15) is 17.8 Å². The molecule has 0 radical (unpaired) electrons. The highest BCUT2D eigenvalue weighted by Gasteiger charge is 2.66. The van der Waals surface area contributed by atoms with Crippen molar-refractivity contribution in [3.05, 3.63) is 12.2 Å². The molecule has 4 bridgehead atoms. The minimum atomic E-state index is -1.08. The van der Waals surface area contributed by atoms with Crippen molar-refractivity contribution in [1.82, 2.24) is 0 Å². The molecule has 1 saturated carbocycles. The standard InChI is InChI=1S/C26H40O7/c1-7-8-21(28)33-25(5)10-9-18(31-16(4)27)14(2)11-19-23-22(24(25)32-19)17-12-20(26(23,6)29)30-13-15(17)3/h15,17-20,22-24,29H,2,7-13H2,1,3-6H3/t15-,17+,18+,19+,20+,22+,23+,24+,25+,26-/m0/s1. The maximum absolute atomic E-state index is 12.7. The lowest BCUT2D eigenvalue weighted by Crippen LogP contribution is -2.63. The summed E-state index contributed by atoms with van der Waals surface area (Å²) in [6.07, 6.45) is 1.91. The maximum atomic E-state index is 12.7. The average molecular weight is 465 g/mol. The van der Waals surface area contributed by atoms with Crippen LogP contribution in [0, 0.1) is 23.7 Å². The van der Waals surface area contributed by atoms with Gasteiger partial charge < -0.3 is 24.1 Å². The van der Waals surface area contributed by atoms with Crippen LogP contribution in [0.5, 0.6) is 0 Å². The van der Waals surface area contributed by atoms with Crippen LogP contribution >= 0.6 is 0 Å². The van der Waals surface area contributed by atoms with Crippen LogP contribution in [0.15, 0.2) is 12.2 Å². The predicted molar refractivity (Wildman–Crippen MR) is 121 cm³/mol. The van der Waals surface area contributed by atoms with Crippen molar-refractivity contribution >= 4 is 11.9 Å². The summed E-state index contributed by atoms with van der Waals surface area (Å²) in [5.41, 5.74) is -1.20. The van der Waals surface area contributed by atoms with E-state index in [9.17, 15) is 14.7 Å². The van der Waals surface area contributed by atoms with Crippen LogP contribution in [-0.2, 0) is 28.5 Å². The van der Waals surface area contributed by atoms with E-state index in [1.54, 1.807) is 0 Å². The summed E-state index contributed by atoms with van der Waals surface area (Å²) < 4.78 is 24.6. The maximum Gasteiger partial charge on any atom is 0.306 e. The van der Waals surface area contributed by atoms with Crippen molar-refractivity contribution in [2.24, 2.45) is 23.7 Å². The largest absolute Gasteiger partial charge is 0.458 e. The Morgan fingerprint density at radius 2 is 2.03 bits per heavy atom. The summed E-state index contributed by atoms with van der Waals surface area (Å²) in [7, 11) is 0. The van der Waals surface area contributed by atoms with Gasteiger partial charge in [0, 0.05) is 31.8 Å². The number of hydrogen-bond donors (Lipinski definition) is 1. The van der Waals surface area contributed by atoms with Crippen LogP contribution in [0.3, 0.4) is 0 Å². The number of hydrogen-bond acceptors (Lipinski definition) is 7. The fraction of sp³-hybridized carbons (Fsp3) is 0.846. The summed E-state index contributed by atoms with van der Waals surface area (Å²) in [6, 6.07) is 0. The number of carbonyl (C=O) groups excluding carboxylic acids is 2. The van der Waals surface area contributed by atoms with Crippen LogP contribution in [0.25, 0.3) is 0 Å². The summed E-state index contributed by atoms with van der Waals surface area (Å²) in [6.45, 7) is 14.2. The SMILES string of the molecule is C=C1C[C@H]2O[C@H]([C@@H]3[C@@H]4C[C@@H](OC[C@@H]4C)[C@](C)(O)[C@@H]32)[C@](C)(OC(=O)CCC)CC[C@H]1OC(C)=O. The summed E-state index contributed by atoms with van der Waals surface area (Å²) >= 11 is 0. The first kappa shape index (κ1) is 24.7. The van der Waals surface area contributed by atoms with E-state index in [0.717, 1.165) is 12.0 Å². The van der Waals surface area contributed by atoms with E-state index in [1.165, 1.54) is 6.92 Å². The molecule has 1 N–H and O–H groups in total. The lowest BCUT2D eigenvalue weighted by Gasteiger charge is -2.55. The second kappa shape index (κ2) is 8.97. The molecule has 4 aliphatic rings. The smallest absolute Gasteiger partial charge is 0.306 e. The van der Waals surface area contributed by atoms with E-state index < -0.39 is 17.3 Å². The van der Waals surface area contributed by atoms with Crippen molar-refractivity contribution in [2.75, 3.05) is 6.61 Å². The highest BCUT2D eigenvalue weighted by Crippen LogP contribution is 2.59. The molecule has 0 amide bonds. The monoisotopic (exact) mass is 464 g/mol. The Morgan fingerprint density at radius 1 is 1.30 bits per heavy atom. The highest BCUT2D eigenvalue weighted by molar-refractivity contribution is 5.70. The van der Waals surface area contributed by atoms with E-state index in [2.05, 4.69) is 13.5 Å². The van der Waals surface area contributed by atoms with Gasteiger partial charge in [0.2, 0.25) is 0 Å². The molecule has 4 rings (SSSR count). The topological polar surface area (TPSA) is 91.3 Å². The number of rotatable bonds is 4. The van der Waals surface area contributed by atoms with E-state index in [1.807, 2.05) is 20.8 Å². The zero-order valence-corrected chi connectivity index (χ0v) is 20.7. The lowest BCUT2D eigenvalue weighted by molar-refractivity contribution is -0.224. The molecule has 10 atom stereocenters. The predicted octanol–water partition coefficient (Wildman–Crippen LogP) is 3.57. The molecule has 3 saturated heterocycles. The summed E-state index contributed by atoms with van der Waals surface area (Å²) in [5, 5.41) is 11.7. The molecule has 0 unspecified atom stereocenters. The molecule has 3 aliphatic heterocycles. The molecule has 7 heteroatoms. The second-order valence-electron chi connectivity index (χ2n) is 11.2. The molecule has 0 spiro atoms. The first-order valence-electron chi connectivity index (χ1n) is 12.5. The molecule has 0 aromatic heterocycles. The molecule has 4 fully saturated rings. The highest BCUT2D eigenvalue weighted by atomic mass is 16.6. The first-order valence-corrected chi connectivity index (χ1v) is 12.5. The number of esters is 2. The Hall–Kier alpha value is -1.44. The molecule has 33 heavy (non-hydrogen) atoms. The summed E-state index contributed by atoms with van der Waals surface area (Å²) in [5.74, 6) is -0.124. The third-order valence-corrected chi connectivity index (χ3v) is 8.62. The van der Waals surface area contributed by atoms with Crippen molar-refractivity contribution in [2.45, 2.75) is 109 Å². The van der Waals surface area contributed by atoms with Gasteiger partial charge in [0.05, 0.1) is 17.8 Å². The number of ether oxygens (including phenoxy) is 4. The van der Waals surface area contributed by atoms with Crippen LogP contribution < -0.4 is 0 Å². The minimum absolute atomic E-state index is 0.0395. The lowest BCUT2D eigenvalue weighted by atomic mass is 9.55. The fourth-order valence-electron chi connectivity index (χ4n) is 7.00. The fourth-order valence-corrected chi connectivity index (χ4v) is 7.00. The molecule has 3 heterocycles. The van der Waals surface area contributed by atoms with Gasteiger partial charge >= 0.3 is 11.9 Å². The van der Waals surface area contributed by atoms with Gasteiger partial charge in [-0.2, -0.15) is 0 Å². The number of fused-ring (bicyclic) bond motifs is 8. The van der Waals surface area contributed by atoms with Crippen molar-refractivity contribution in [3.63, 3.8) is 0 Å². The van der Waals surface area contributed by atoms with Gasteiger partial charge in [-0.1, -0.05) is 20.4 Å². The van der Waals surface area contributed by atoms with E-state index in [-0.39, 0.29) is 42.1 Å². The third-order valence-electron chi connectivity index (χ3n) is 8.62. The zero-order chi connectivity index (χ0) is 24.1. The Morgan fingerprint density at radius 3 is 2.70 bits per heavy atom. The minimum Gasteiger partial charge on any atom is -0.458 e. The number of carbonyl (C=O) groups is 2. The van der Waals surface area contributed by atoms with Gasteiger partial charge in [-0.3, -0.25) is 9.59 Å². The molecule has 0 aromatic carbocycles. The molecular weight excluding hydrogens is 424 g/mol. The van der Waals surface area contributed by atoms with Gasteiger partial charge in [0.15, 0.2) is 0 Å². The van der Waals surface area contributed by atoms with E-state index in [0.29, 0.717) is 50.5 Å². The summed E-state index contributed by atoms with van der Waals surface area (Å²) in [4.78, 5) is 24.5. The van der Waals surface area contributed by atoms with Gasteiger partial charge in [0.25, 0.3) is 0 Å². The van der Waals surface area contributed by atoms with Crippen molar-refractivity contribution in [3.8, 4) is 0 Å². The zero-order valence-electron chi connectivity index (χ0n) is 20.7. The van der Waals surface area contributed by atoms with Crippen LogP contribution in [0.4, 0.5) is 0 Å². The van der Waals surface area contributed by atoms with E-state index >= 15 is 0 Å². The number of aliphatic hydroxyl groups is 1. The molecule has 7 nitrogen and oxygen atoms in total. The van der Waals surface area contributed by atoms with Crippen molar-refractivity contribution < 1.29 is 33.6 Å². The molecule has 0 aromatic rings. The van der Waals surface area contributed by atoms with Crippen LogP contribution in [0.2, 0.25) is 0 Å². The molecule has 186 valence electrons. The quantitative estimate of drug-likeness (QED) is 0.502. The third kappa shape index (κ3) is 4.37. The second-order valence-corrected chi connectivity index (χ2v) is 11.2. The Bertz CT molecular complexity index is 792. The average Bonchev–Trinajstić information content (AvgIpc) is 3.12. The Balaban J connectivity index is 1.76. The van der Waals surface area contributed by atoms with Crippen molar-refractivity contribution in [1.29, 1.82) is 0 Å².